The van der Waals surface area contributed by atoms with Crippen LogP contribution in [-0.4, -0.2) is 81.4 Å². The van der Waals surface area contributed by atoms with E-state index in [1.54, 1.807) is 4.90 Å². The second-order valence-electron chi connectivity index (χ2n) is 7.11. The fourth-order valence-corrected chi connectivity index (χ4v) is 4.02. The van der Waals surface area contributed by atoms with E-state index in [9.17, 15) is 13.2 Å². The number of piperazine rings is 1. The fourth-order valence-electron chi connectivity index (χ4n) is 2.74. The molecule has 0 aromatic rings. The normalized spacial score (nSPS) is 24.1. The molecule has 1 unspecified atom stereocenters. The lowest BCUT2D eigenvalue weighted by Gasteiger charge is -2.37. The summed E-state index contributed by atoms with van der Waals surface area (Å²) in [6.45, 7) is 8.67. The molecule has 0 spiro atoms. The molecule has 0 aromatic carbocycles. The molecule has 2 saturated heterocycles. The number of hydrogen-bond acceptors (Lipinski definition) is 5. The first kappa shape index (κ1) is 18.6. The summed E-state index contributed by atoms with van der Waals surface area (Å²) in [5.74, 6) is 0.0515. The Morgan fingerprint density at radius 1 is 1.22 bits per heavy atom. The average Bonchev–Trinajstić information content (AvgIpc) is 2.99. The van der Waals surface area contributed by atoms with Crippen LogP contribution in [0.5, 0.6) is 0 Å². The van der Waals surface area contributed by atoms with Gasteiger partial charge >= 0.3 is 0 Å². The molecule has 1 amide bonds. The Morgan fingerprint density at radius 3 is 2.39 bits per heavy atom. The first-order valence-electron chi connectivity index (χ1n) is 8.17. The third-order valence-electron chi connectivity index (χ3n) is 4.14. The number of rotatable bonds is 5. The van der Waals surface area contributed by atoms with E-state index in [1.165, 1.54) is 4.31 Å². The smallest absolute Gasteiger partial charge is 0.228 e. The van der Waals surface area contributed by atoms with Crippen molar-refractivity contribution in [3.8, 4) is 0 Å². The average molecular weight is 348 g/mol. The molecular formula is C15H28N2O5S. The molecule has 0 aromatic heterocycles. The van der Waals surface area contributed by atoms with Crippen molar-refractivity contribution in [3.05, 3.63) is 0 Å². The number of carbonyl (C=O) groups is 1. The van der Waals surface area contributed by atoms with Crippen LogP contribution in [0, 0.1) is 5.41 Å². The van der Waals surface area contributed by atoms with E-state index in [2.05, 4.69) is 0 Å². The molecule has 7 nitrogen and oxygen atoms in total. The van der Waals surface area contributed by atoms with Crippen LogP contribution in [0.2, 0.25) is 0 Å². The van der Waals surface area contributed by atoms with E-state index >= 15 is 0 Å². The van der Waals surface area contributed by atoms with Gasteiger partial charge in [0.1, 0.15) is 0 Å². The third-order valence-corrected chi connectivity index (χ3v) is 5.98. The summed E-state index contributed by atoms with van der Waals surface area (Å²) < 4.78 is 36.9. The zero-order valence-electron chi connectivity index (χ0n) is 14.3. The summed E-state index contributed by atoms with van der Waals surface area (Å²) in [6.07, 6.45) is 0.847. The standard InChI is InChI=1S/C15H28N2O5S/c1-15(2,3)14(18)16-5-7-17(8-6-16)23(19,20)11-10-22-13-4-9-21-12-13/h13H,4-12H2,1-3H3. The van der Waals surface area contributed by atoms with Crippen molar-refractivity contribution in [1.82, 2.24) is 9.21 Å². The number of carbonyl (C=O) groups excluding carboxylic acids is 1. The van der Waals surface area contributed by atoms with Gasteiger partial charge in [0.2, 0.25) is 15.9 Å². The summed E-state index contributed by atoms with van der Waals surface area (Å²) in [6, 6.07) is 0. The molecule has 2 heterocycles. The Kier molecular flexibility index (Phi) is 6.05. The van der Waals surface area contributed by atoms with Gasteiger partial charge < -0.3 is 14.4 Å². The minimum Gasteiger partial charge on any atom is -0.379 e. The van der Waals surface area contributed by atoms with Crippen molar-refractivity contribution in [2.24, 2.45) is 5.41 Å². The van der Waals surface area contributed by atoms with Crippen LogP contribution in [0.25, 0.3) is 0 Å². The Hall–Kier alpha value is -0.700. The third kappa shape index (κ3) is 5.14. The molecule has 0 bridgehead atoms. The predicted octanol–water partition coefficient (Wildman–Crippen LogP) is 0.312. The van der Waals surface area contributed by atoms with E-state index in [0.29, 0.717) is 39.4 Å². The van der Waals surface area contributed by atoms with Gasteiger partial charge in [-0.15, -0.1) is 0 Å². The molecule has 2 fully saturated rings. The molecule has 2 aliphatic heterocycles. The fraction of sp³-hybridized carbons (Fsp3) is 0.933. The van der Waals surface area contributed by atoms with Gasteiger partial charge in [-0.3, -0.25) is 4.79 Å². The monoisotopic (exact) mass is 348 g/mol. The molecule has 0 radical (unpaired) electrons. The lowest BCUT2D eigenvalue weighted by molar-refractivity contribution is -0.140. The molecule has 8 heteroatoms. The Labute approximate surface area is 139 Å². The van der Waals surface area contributed by atoms with E-state index in [0.717, 1.165) is 6.42 Å². The maximum absolute atomic E-state index is 12.3. The van der Waals surface area contributed by atoms with E-state index in [-0.39, 0.29) is 24.4 Å². The Balaban J connectivity index is 1.77. The Morgan fingerprint density at radius 2 is 1.87 bits per heavy atom. The molecule has 2 rings (SSSR count). The van der Waals surface area contributed by atoms with E-state index in [4.69, 9.17) is 9.47 Å². The van der Waals surface area contributed by atoms with Crippen LogP contribution in [0.3, 0.4) is 0 Å². The summed E-state index contributed by atoms with van der Waals surface area (Å²) in [5.41, 5.74) is -0.432. The highest BCUT2D eigenvalue weighted by molar-refractivity contribution is 7.89. The predicted molar refractivity (Wildman–Crippen MR) is 86.6 cm³/mol. The Bertz CT molecular complexity index is 500. The van der Waals surface area contributed by atoms with Crippen LogP contribution >= 0.6 is 0 Å². The van der Waals surface area contributed by atoms with Crippen LogP contribution < -0.4 is 0 Å². The van der Waals surface area contributed by atoms with Crippen molar-refractivity contribution in [1.29, 1.82) is 0 Å². The van der Waals surface area contributed by atoms with Gasteiger partial charge in [-0.2, -0.15) is 4.31 Å². The zero-order valence-corrected chi connectivity index (χ0v) is 15.1. The first-order valence-corrected chi connectivity index (χ1v) is 9.77. The van der Waals surface area contributed by atoms with Crippen LogP contribution in [0.1, 0.15) is 27.2 Å². The van der Waals surface area contributed by atoms with Gasteiger partial charge in [-0.25, -0.2) is 8.42 Å². The van der Waals surface area contributed by atoms with Gasteiger partial charge in [-0.05, 0) is 6.42 Å². The van der Waals surface area contributed by atoms with Gasteiger partial charge in [0, 0.05) is 38.2 Å². The van der Waals surface area contributed by atoms with Gasteiger partial charge in [0.15, 0.2) is 0 Å². The molecule has 23 heavy (non-hydrogen) atoms. The number of hydrogen-bond donors (Lipinski definition) is 0. The van der Waals surface area contributed by atoms with Crippen molar-refractivity contribution in [2.45, 2.75) is 33.3 Å². The summed E-state index contributed by atoms with van der Waals surface area (Å²) in [4.78, 5) is 14.0. The molecule has 2 aliphatic rings. The molecular weight excluding hydrogens is 320 g/mol. The number of ether oxygens (including phenoxy) is 2. The minimum atomic E-state index is -3.33. The summed E-state index contributed by atoms with van der Waals surface area (Å²) >= 11 is 0. The largest absolute Gasteiger partial charge is 0.379 e. The lowest BCUT2D eigenvalue weighted by Crippen LogP contribution is -2.53. The van der Waals surface area contributed by atoms with Gasteiger partial charge in [0.25, 0.3) is 0 Å². The quantitative estimate of drug-likeness (QED) is 0.715. The minimum absolute atomic E-state index is 0.0171. The van der Waals surface area contributed by atoms with E-state index < -0.39 is 15.4 Å². The second-order valence-corrected chi connectivity index (χ2v) is 9.20. The van der Waals surface area contributed by atoms with Gasteiger partial charge in [-0.1, -0.05) is 20.8 Å². The number of amides is 1. The van der Waals surface area contributed by atoms with Gasteiger partial charge in [0.05, 0.1) is 25.1 Å². The molecule has 0 saturated carbocycles. The highest BCUT2D eigenvalue weighted by Crippen LogP contribution is 2.19. The van der Waals surface area contributed by atoms with Crippen LogP contribution in [-0.2, 0) is 24.3 Å². The summed E-state index contributed by atoms with van der Waals surface area (Å²) in [5, 5.41) is 0. The molecule has 0 aliphatic carbocycles. The molecule has 1 atom stereocenters. The maximum atomic E-state index is 12.3. The number of sulfonamides is 1. The van der Waals surface area contributed by atoms with E-state index in [1.807, 2.05) is 20.8 Å². The second kappa shape index (κ2) is 7.46. The molecule has 134 valence electrons. The van der Waals surface area contributed by atoms with Crippen molar-refractivity contribution in [2.75, 3.05) is 51.8 Å². The molecule has 0 N–H and O–H groups in total. The van der Waals surface area contributed by atoms with Crippen molar-refractivity contribution < 1.29 is 22.7 Å². The number of nitrogens with zero attached hydrogens (tertiary/aromatic N) is 2. The SMILES string of the molecule is CC(C)(C)C(=O)N1CCN(S(=O)(=O)CCOC2CCOC2)CC1. The van der Waals surface area contributed by atoms with Crippen LogP contribution in [0.15, 0.2) is 0 Å². The lowest BCUT2D eigenvalue weighted by atomic mass is 9.94. The first-order chi connectivity index (χ1) is 10.7. The highest BCUT2D eigenvalue weighted by Gasteiger charge is 2.33. The topological polar surface area (TPSA) is 76.2 Å². The maximum Gasteiger partial charge on any atom is 0.228 e. The summed E-state index contributed by atoms with van der Waals surface area (Å²) in [7, 11) is -3.33. The highest BCUT2D eigenvalue weighted by atomic mass is 32.2. The van der Waals surface area contributed by atoms with Crippen molar-refractivity contribution >= 4 is 15.9 Å². The van der Waals surface area contributed by atoms with Crippen LogP contribution in [0.4, 0.5) is 0 Å². The van der Waals surface area contributed by atoms with Crippen molar-refractivity contribution in [3.63, 3.8) is 0 Å². The zero-order chi connectivity index (χ0) is 17.1.